The zero-order valence-electron chi connectivity index (χ0n) is 11.3. The van der Waals surface area contributed by atoms with Gasteiger partial charge in [-0.05, 0) is 26.5 Å². The van der Waals surface area contributed by atoms with E-state index in [9.17, 15) is 0 Å². The minimum absolute atomic E-state index is 0.448. The van der Waals surface area contributed by atoms with E-state index in [1.807, 2.05) is 19.4 Å². The van der Waals surface area contributed by atoms with Crippen LogP contribution in [0.5, 0.6) is 0 Å². The topological polar surface area (TPSA) is 41.0 Å². The van der Waals surface area contributed by atoms with E-state index in [1.54, 1.807) is 11.8 Å². The lowest BCUT2D eigenvalue weighted by Crippen LogP contribution is -2.32. The van der Waals surface area contributed by atoms with Crippen molar-refractivity contribution >= 4 is 23.4 Å². The summed E-state index contributed by atoms with van der Waals surface area (Å²) in [4.78, 5) is 11.3. The van der Waals surface area contributed by atoms with Crippen molar-refractivity contribution in [3.05, 3.63) is 6.07 Å². The third kappa shape index (κ3) is 3.77. The minimum Gasteiger partial charge on any atom is -0.373 e. The van der Waals surface area contributed by atoms with Gasteiger partial charge in [0.1, 0.15) is 11.6 Å². The largest absolute Gasteiger partial charge is 0.373 e. The molecular weight excluding hydrogens is 232 g/mol. The number of hydrogen-bond acceptors (Lipinski definition) is 5. The Balaban J connectivity index is 3.08. The highest BCUT2D eigenvalue weighted by Crippen LogP contribution is 2.21. The van der Waals surface area contributed by atoms with E-state index in [1.165, 1.54) is 0 Å². The Hall–Kier alpha value is -0.970. The van der Waals surface area contributed by atoms with Crippen LogP contribution in [0.3, 0.4) is 0 Å². The van der Waals surface area contributed by atoms with Gasteiger partial charge in [0.2, 0.25) is 0 Å². The summed E-state index contributed by atoms with van der Waals surface area (Å²) in [6.07, 6.45) is 3.11. The van der Waals surface area contributed by atoms with Crippen molar-refractivity contribution in [2.75, 3.05) is 30.1 Å². The summed E-state index contributed by atoms with van der Waals surface area (Å²) in [7, 11) is 1.88. The zero-order valence-corrected chi connectivity index (χ0v) is 12.1. The number of nitrogens with one attached hydrogen (secondary N) is 1. The lowest BCUT2D eigenvalue weighted by Gasteiger charge is -2.27. The lowest BCUT2D eigenvalue weighted by atomic mass is 10.3. The first-order valence-corrected chi connectivity index (χ1v) is 7.22. The van der Waals surface area contributed by atoms with Crippen molar-refractivity contribution in [2.45, 2.75) is 38.4 Å². The Kier molecular flexibility index (Phi) is 5.55. The van der Waals surface area contributed by atoms with Gasteiger partial charge in [0.05, 0.1) is 0 Å². The Bertz CT molecular complexity index is 332. The number of nitrogens with zero attached hydrogens (tertiary/aromatic N) is 3. The summed E-state index contributed by atoms with van der Waals surface area (Å²) >= 11 is 1.57. The van der Waals surface area contributed by atoms with E-state index in [0.717, 1.165) is 29.8 Å². The second-order valence-corrected chi connectivity index (χ2v) is 4.91. The average Bonchev–Trinajstić information content (AvgIpc) is 2.34. The molecule has 0 unspecified atom stereocenters. The van der Waals surface area contributed by atoms with Crippen molar-refractivity contribution < 1.29 is 0 Å². The molecule has 0 bridgehead atoms. The molecule has 0 spiro atoms. The van der Waals surface area contributed by atoms with Gasteiger partial charge in [-0.1, -0.05) is 18.7 Å². The molecule has 0 aromatic carbocycles. The van der Waals surface area contributed by atoms with Crippen LogP contribution >= 0.6 is 11.8 Å². The second-order valence-electron chi connectivity index (χ2n) is 4.14. The zero-order chi connectivity index (χ0) is 12.8. The van der Waals surface area contributed by atoms with Crippen LogP contribution in [0.25, 0.3) is 0 Å². The van der Waals surface area contributed by atoms with Gasteiger partial charge < -0.3 is 10.2 Å². The van der Waals surface area contributed by atoms with Gasteiger partial charge in [-0.25, -0.2) is 9.97 Å². The molecule has 1 aromatic heterocycles. The molecule has 0 saturated carbocycles. The number of thioether (sulfide) groups is 1. The molecule has 0 amide bonds. The fourth-order valence-electron chi connectivity index (χ4n) is 1.66. The highest BCUT2D eigenvalue weighted by atomic mass is 32.2. The Morgan fingerprint density at radius 1 is 1.41 bits per heavy atom. The highest BCUT2D eigenvalue weighted by Gasteiger charge is 2.13. The molecule has 96 valence electrons. The molecule has 4 nitrogen and oxygen atoms in total. The van der Waals surface area contributed by atoms with Crippen LogP contribution in [-0.4, -0.2) is 35.9 Å². The monoisotopic (exact) mass is 254 g/mol. The van der Waals surface area contributed by atoms with Crippen LogP contribution in [0, 0.1) is 0 Å². The summed E-state index contributed by atoms with van der Waals surface area (Å²) in [6.45, 7) is 7.59. The number of anilines is 2. The second kappa shape index (κ2) is 6.69. The third-order valence-electron chi connectivity index (χ3n) is 2.51. The summed E-state index contributed by atoms with van der Waals surface area (Å²) in [5.41, 5.74) is 0. The van der Waals surface area contributed by atoms with Gasteiger partial charge in [-0.3, -0.25) is 0 Å². The van der Waals surface area contributed by atoms with Crippen LogP contribution in [0.4, 0.5) is 11.6 Å². The average molecular weight is 254 g/mol. The van der Waals surface area contributed by atoms with Crippen molar-refractivity contribution in [3.63, 3.8) is 0 Å². The molecular formula is C12H22N4S. The molecule has 0 saturated heterocycles. The Labute approximate surface area is 108 Å². The Morgan fingerprint density at radius 3 is 2.59 bits per heavy atom. The minimum atomic E-state index is 0.448. The Morgan fingerprint density at radius 2 is 2.12 bits per heavy atom. The smallest absolute Gasteiger partial charge is 0.191 e. The van der Waals surface area contributed by atoms with Crippen molar-refractivity contribution in [2.24, 2.45) is 0 Å². The summed E-state index contributed by atoms with van der Waals surface area (Å²) in [6, 6.07) is 2.46. The SMILES string of the molecule is CCCN(c1cc(NC)nc(SC)n1)C(C)C. The van der Waals surface area contributed by atoms with E-state index in [-0.39, 0.29) is 0 Å². The first-order chi connectivity index (χ1) is 8.12. The van der Waals surface area contributed by atoms with Gasteiger partial charge in [-0.2, -0.15) is 0 Å². The molecule has 1 aromatic rings. The van der Waals surface area contributed by atoms with Gasteiger partial charge in [-0.15, -0.1) is 0 Å². The summed E-state index contributed by atoms with van der Waals surface area (Å²) in [5, 5.41) is 3.90. The third-order valence-corrected chi connectivity index (χ3v) is 3.06. The van der Waals surface area contributed by atoms with Crippen molar-refractivity contribution in [1.82, 2.24) is 9.97 Å². The van der Waals surface area contributed by atoms with Gasteiger partial charge >= 0.3 is 0 Å². The summed E-state index contributed by atoms with van der Waals surface area (Å²) in [5.74, 6) is 1.88. The standard InChI is InChI=1S/C12H22N4S/c1-6-7-16(9(2)3)11-8-10(13-4)14-12(15-11)17-5/h8-9H,6-7H2,1-5H3,(H,13,14,15). The fraction of sp³-hybridized carbons (Fsp3) is 0.667. The number of rotatable bonds is 6. The lowest BCUT2D eigenvalue weighted by molar-refractivity contribution is 0.656. The molecule has 1 heterocycles. The highest BCUT2D eigenvalue weighted by molar-refractivity contribution is 7.98. The van der Waals surface area contributed by atoms with Gasteiger partial charge in [0.15, 0.2) is 5.16 Å². The first-order valence-electron chi connectivity index (χ1n) is 5.99. The normalized spacial score (nSPS) is 10.7. The molecule has 1 rings (SSSR count). The number of hydrogen-bond donors (Lipinski definition) is 1. The van der Waals surface area contributed by atoms with Crippen LogP contribution < -0.4 is 10.2 Å². The molecule has 5 heteroatoms. The first kappa shape index (κ1) is 14.1. The van der Waals surface area contributed by atoms with Crippen LogP contribution in [0.2, 0.25) is 0 Å². The van der Waals surface area contributed by atoms with Crippen molar-refractivity contribution in [1.29, 1.82) is 0 Å². The van der Waals surface area contributed by atoms with Gasteiger partial charge in [0.25, 0.3) is 0 Å². The van der Waals surface area contributed by atoms with Crippen LogP contribution in [-0.2, 0) is 0 Å². The molecule has 0 radical (unpaired) electrons. The quantitative estimate of drug-likeness (QED) is 0.624. The molecule has 0 aliphatic heterocycles. The van der Waals surface area contributed by atoms with Crippen molar-refractivity contribution in [3.8, 4) is 0 Å². The molecule has 17 heavy (non-hydrogen) atoms. The van der Waals surface area contributed by atoms with E-state index >= 15 is 0 Å². The maximum absolute atomic E-state index is 4.58. The molecule has 0 aliphatic carbocycles. The number of aromatic nitrogens is 2. The molecule has 0 aliphatic rings. The van der Waals surface area contributed by atoms with Gasteiger partial charge in [0, 0.05) is 25.7 Å². The van der Waals surface area contributed by atoms with E-state index in [4.69, 9.17) is 0 Å². The van der Waals surface area contributed by atoms with E-state index < -0.39 is 0 Å². The maximum atomic E-state index is 4.58. The van der Waals surface area contributed by atoms with E-state index in [0.29, 0.717) is 6.04 Å². The molecule has 0 atom stereocenters. The molecule has 0 fully saturated rings. The molecule has 1 N–H and O–H groups in total. The predicted molar refractivity (Wildman–Crippen MR) is 76.1 cm³/mol. The maximum Gasteiger partial charge on any atom is 0.191 e. The fourth-order valence-corrected chi connectivity index (χ4v) is 2.03. The van der Waals surface area contributed by atoms with Crippen LogP contribution in [0.1, 0.15) is 27.2 Å². The van der Waals surface area contributed by atoms with E-state index in [2.05, 4.69) is 41.0 Å². The summed E-state index contributed by atoms with van der Waals surface area (Å²) < 4.78 is 0. The predicted octanol–water partition coefficient (Wildman–Crippen LogP) is 2.87. The van der Waals surface area contributed by atoms with Crippen LogP contribution in [0.15, 0.2) is 11.2 Å².